The molecule has 0 saturated carbocycles. The third kappa shape index (κ3) is 3.24. The van der Waals surface area contributed by atoms with Crippen LogP contribution < -0.4 is 10.6 Å². The number of thiophene rings is 1. The molecule has 0 aromatic carbocycles. The summed E-state index contributed by atoms with van der Waals surface area (Å²) in [6.45, 7) is 6.07. The van der Waals surface area contributed by atoms with Crippen LogP contribution in [-0.2, 0) is 14.3 Å². The van der Waals surface area contributed by atoms with Gasteiger partial charge in [0.05, 0.1) is 18.1 Å². The van der Waals surface area contributed by atoms with E-state index in [9.17, 15) is 14.4 Å². The van der Waals surface area contributed by atoms with E-state index >= 15 is 0 Å². The zero-order valence-corrected chi connectivity index (χ0v) is 13.1. The lowest BCUT2D eigenvalue weighted by atomic mass is 10.1. The molecule has 7 heteroatoms. The third-order valence-electron chi connectivity index (χ3n) is 3.45. The minimum absolute atomic E-state index is 0.126. The maximum atomic E-state index is 12.2. The number of nitrogens with one attached hydrogen (secondary N) is 2. The number of rotatable bonds is 4. The molecule has 1 unspecified atom stereocenters. The number of hydrogen-bond donors (Lipinski definition) is 2. The summed E-state index contributed by atoms with van der Waals surface area (Å²) in [6.07, 6.45) is 0.184. The first-order valence-corrected chi connectivity index (χ1v) is 7.60. The molecule has 1 atom stereocenters. The lowest BCUT2D eigenvalue weighted by Crippen LogP contribution is -2.25. The van der Waals surface area contributed by atoms with Gasteiger partial charge in [-0.2, -0.15) is 0 Å². The fourth-order valence-corrected chi connectivity index (χ4v) is 3.22. The lowest BCUT2D eigenvalue weighted by Gasteiger charge is -2.09. The number of hydrogen-bond acceptors (Lipinski definition) is 5. The molecule has 0 bridgehead atoms. The first-order chi connectivity index (χ1) is 9.93. The van der Waals surface area contributed by atoms with Gasteiger partial charge in [-0.05, 0) is 26.3 Å². The first-order valence-electron chi connectivity index (χ1n) is 6.78. The van der Waals surface area contributed by atoms with Crippen molar-refractivity contribution >= 4 is 34.1 Å². The van der Waals surface area contributed by atoms with E-state index in [1.807, 2.05) is 13.8 Å². The number of amides is 2. The number of anilines is 1. The van der Waals surface area contributed by atoms with Crippen LogP contribution in [0, 0.1) is 19.8 Å². The van der Waals surface area contributed by atoms with Crippen LogP contribution >= 0.6 is 11.3 Å². The van der Waals surface area contributed by atoms with Gasteiger partial charge in [0.2, 0.25) is 11.8 Å². The van der Waals surface area contributed by atoms with Crippen LogP contribution in [0.4, 0.5) is 5.00 Å². The second-order valence-corrected chi connectivity index (χ2v) is 6.13. The van der Waals surface area contributed by atoms with Crippen molar-refractivity contribution < 1.29 is 19.1 Å². The Morgan fingerprint density at radius 2 is 2.14 bits per heavy atom. The second kappa shape index (κ2) is 6.26. The fourth-order valence-electron chi connectivity index (χ4n) is 2.17. The molecule has 2 amide bonds. The third-order valence-corrected chi connectivity index (χ3v) is 4.57. The molecular formula is C14H18N2O4S. The topological polar surface area (TPSA) is 84.5 Å². The molecule has 1 fully saturated rings. The van der Waals surface area contributed by atoms with Gasteiger partial charge in [0.25, 0.3) is 0 Å². The Labute approximate surface area is 126 Å². The van der Waals surface area contributed by atoms with Gasteiger partial charge in [-0.1, -0.05) is 0 Å². The summed E-state index contributed by atoms with van der Waals surface area (Å²) >= 11 is 1.34. The molecule has 0 aliphatic carbocycles. The Kier molecular flexibility index (Phi) is 4.62. The summed E-state index contributed by atoms with van der Waals surface area (Å²) in [5, 5.41) is 5.88. The zero-order valence-electron chi connectivity index (χ0n) is 12.2. The molecule has 0 radical (unpaired) electrons. The molecule has 1 aliphatic heterocycles. The van der Waals surface area contributed by atoms with E-state index in [2.05, 4.69) is 10.6 Å². The number of ether oxygens (including phenoxy) is 1. The van der Waals surface area contributed by atoms with Gasteiger partial charge < -0.3 is 15.4 Å². The molecule has 2 rings (SSSR count). The average Bonchev–Trinajstić information content (AvgIpc) is 2.95. The highest BCUT2D eigenvalue weighted by atomic mass is 32.1. The zero-order chi connectivity index (χ0) is 15.6. The molecule has 6 nitrogen and oxygen atoms in total. The van der Waals surface area contributed by atoms with E-state index in [4.69, 9.17) is 4.74 Å². The van der Waals surface area contributed by atoms with Crippen LogP contribution in [0.15, 0.2) is 0 Å². The van der Waals surface area contributed by atoms with E-state index < -0.39 is 11.9 Å². The first kappa shape index (κ1) is 15.5. The molecule has 2 N–H and O–H groups in total. The van der Waals surface area contributed by atoms with Crippen molar-refractivity contribution in [2.75, 3.05) is 18.5 Å². The highest BCUT2D eigenvalue weighted by molar-refractivity contribution is 7.16. The van der Waals surface area contributed by atoms with Crippen LogP contribution in [0.1, 0.15) is 34.1 Å². The summed E-state index contributed by atoms with van der Waals surface area (Å²) in [7, 11) is 0. The standard InChI is InChI=1S/C14H18N2O4S/c1-4-20-14(19)11-7(2)8(3)21-13(11)16-12(18)9-5-10(17)15-6-9/h9H,4-6H2,1-3H3,(H,15,17)(H,16,18). The van der Waals surface area contributed by atoms with E-state index in [-0.39, 0.29) is 24.8 Å². The quantitative estimate of drug-likeness (QED) is 0.828. The van der Waals surface area contributed by atoms with Gasteiger partial charge in [-0.3, -0.25) is 9.59 Å². The second-order valence-electron chi connectivity index (χ2n) is 4.90. The molecule has 2 heterocycles. The normalized spacial score (nSPS) is 17.5. The van der Waals surface area contributed by atoms with Crippen molar-refractivity contribution in [3.05, 3.63) is 16.0 Å². The number of aryl methyl sites for hydroxylation is 1. The Morgan fingerprint density at radius 3 is 2.71 bits per heavy atom. The number of carbonyl (C=O) groups excluding carboxylic acids is 3. The Bertz CT molecular complexity index is 594. The summed E-state index contributed by atoms with van der Waals surface area (Å²) in [5.41, 5.74) is 1.22. The van der Waals surface area contributed by atoms with E-state index in [0.29, 0.717) is 17.1 Å². The number of esters is 1. The SMILES string of the molecule is CCOC(=O)c1c(NC(=O)C2CNC(=O)C2)sc(C)c1C. The smallest absolute Gasteiger partial charge is 0.341 e. The fraction of sp³-hybridized carbons (Fsp3) is 0.500. The monoisotopic (exact) mass is 310 g/mol. The number of carbonyl (C=O) groups is 3. The van der Waals surface area contributed by atoms with Crippen molar-refractivity contribution in [2.45, 2.75) is 27.2 Å². The minimum atomic E-state index is -0.435. The maximum absolute atomic E-state index is 12.2. The highest BCUT2D eigenvalue weighted by Crippen LogP contribution is 2.33. The van der Waals surface area contributed by atoms with Crippen LogP contribution in [0.2, 0.25) is 0 Å². The molecule has 1 saturated heterocycles. The van der Waals surface area contributed by atoms with Gasteiger partial charge >= 0.3 is 5.97 Å². The summed E-state index contributed by atoms with van der Waals surface area (Å²) in [6, 6.07) is 0. The predicted octanol–water partition coefficient (Wildman–Crippen LogP) is 1.62. The molecule has 0 spiro atoms. The van der Waals surface area contributed by atoms with E-state index in [1.54, 1.807) is 6.92 Å². The molecule has 21 heavy (non-hydrogen) atoms. The van der Waals surface area contributed by atoms with Gasteiger partial charge in [0.1, 0.15) is 5.00 Å². The Morgan fingerprint density at radius 1 is 1.43 bits per heavy atom. The van der Waals surface area contributed by atoms with Crippen LogP contribution in [-0.4, -0.2) is 30.9 Å². The van der Waals surface area contributed by atoms with Gasteiger partial charge in [0, 0.05) is 17.8 Å². The van der Waals surface area contributed by atoms with Gasteiger partial charge in [-0.25, -0.2) is 4.79 Å². The van der Waals surface area contributed by atoms with Crippen molar-refractivity contribution in [1.29, 1.82) is 0 Å². The van der Waals surface area contributed by atoms with Gasteiger partial charge in [-0.15, -0.1) is 11.3 Å². The largest absolute Gasteiger partial charge is 0.462 e. The summed E-state index contributed by atoms with van der Waals surface area (Å²) < 4.78 is 5.04. The maximum Gasteiger partial charge on any atom is 0.341 e. The molecule has 114 valence electrons. The Balaban J connectivity index is 2.19. The molecule has 1 aromatic rings. The summed E-state index contributed by atoms with van der Waals surface area (Å²) in [4.78, 5) is 36.3. The van der Waals surface area contributed by atoms with Gasteiger partial charge in [0.15, 0.2) is 0 Å². The molecule has 1 aromatic heterocycles. The van der Waals surface area contributed by atoms with Crippen LogP contribution in [0.5, 0.6) is 0 Å². The van der Waals surface area contributed by atoms with Crippen LogP contribution in [0.25, 0.3) is 0 Å². The highest BCUT2D eigenvalue weighted by Gasteiger charge is 2.30. The van der Waals surface area contributed by atoms with E-state index in [0.717, 1.165) is 10.4 Å². The summed E-state index contributed by atoms with van der Waals surface area (Å²) in [5.74, 6) is -1.20. The van der Waals surface area contributed by atoms with Crippen molar-refractivity contribution in [3.63, 3.8) is 0 Å². The Hall–Kier alpha value is -1.89. The predicted molar refractivity (Wildman–Crippen MR) is 79.5 cm³/mol. The molecule has 1 aliphatic rings. The van der Waals surface area contributed by atoms with Crippen molar-refractivity contribution in [1.82, 2.24) is 5.32 Å². The van der Waals surface area contributed by atoms with Crippen LogP contribution in [0.3, 0.4) is 0 Å². The minimum Gasteiger partial charge on any atom is -0.462 e. The van der Waals surface area contributed by atoms with Crippen molar-refractivity contribution in [2.24, 2.45) is 5.92 Å². The average molecular weight is 310 g/mol. The van der Waals surface area contributed by atoms with Crippen molar-refractivity contribution in [3.8, 4) is 0 Å². The lowest BCUT2D eigenvalue weighted by molar-refractivity contribution is -0.123. The van der Waals surface area contributed by atoms with E-state index in [1.165, 1.54) is 11.3 Å². The molecular weight excluding hydrogens is 292 g/mol.